The van der Waals surface area contributed by atoms with Crippen molar-refractivity contribution in [3.63, 3.8) is 0 Å². The normalized spacial score (nSPS) is 10.7. The van der Waals surface area contributed by atoms with Gasteiger partial charge >= 0.3 is 0 Å². The van der Waals surface area contributed by atoms with Gasteiger partial charge < -0.3 is 10.2 Å². The van der Waals surface area contributed by atoms with Gasteiger partial charge in [-0.1, -0.05) is 12.1 Å². The molecule has 0 saturated carbocycles. The highest BCUT2D eigenvalue weighted by Crippen LogP contribution is 2.26. The van der Waals surface area contributed by atoms with Crippen LogP contribution in [0.15, 0.2) is 24.3 Å². The summed E-state index contributed by atoms with van der Waals surface area (Å²) in [7, 11) is 3.90. The van der Waals surface area contributed by atoms with Gasteiger partial charge in [-0.2, -0.15) is 0 Å². The Kier molecular flexibility index (Phi) is 4.50. The van der Waals surface area contributed by atoms with E-state index in [1.807, 2.05) is 32.0 Å². The summed E-state index contributed by atoms with van der Waals surface area (Å²) in [6, 6.07) is 6.68. The van der Waals surface area contributed by atoms with Gasteiger partial charge in [0.1, 0.15) is 5.82 Å². The van der Waals surface area contributed by atoms with Gasteiger partial charge in [-0.25, -0.2) is 9.37 Å². The highest BCUT2D eigenvalue weighted by molar-refractivity contribution is 7.15. The number of rotatable bonds is 5. The number of nitrogens with one attached hydrogen (secondary N) is 1. The molecule has 0 amide bonds. The topological polar surface area (TPSA) is 28.2 Å². The van der Waals surface area contributed by atoms with E-state index in [-0.39, 0.29) is 5.82 Å². The molecule has 5 heteroatoms. The van der Waals surface area contributed by atoms with Crippen LogP contribution >= 0.6 is 11.3 Å². The predicted octanol–water partition coefficient (Wildman–Crippen LogP) is 2.95. The van der Waals surface area contributed by atoms with Crippen LogP contribution in [0.25, 0.3) is 0 Å². The highest BCUT2D eigenvalue weighted by Gasteiger charge is 2.11. The van der Waals surface area contributed by atoms with Crippen LogP contribution in [0.2, 0.25) is 0 Å². The van der Waals surface area contributed by atoms with Gasteiger partial charge in [0.05, 0.1) is 5.69 Å². The van der Waals surface area contributed by atoms with Gasteiger partial charge in [-0.15, -0.1) is 11.3 Å². The molecule has 3 nitrogen and oxygen atoms in total. The van der Waals surface area contributed by atoms with E-state index in [1.165, 1.54) is 10.9 Å². The molecular weight excluding hydrogens is 261 g/mol. The molecule has 0 fully saturated rings. The monoisotopic (exact) mass is 279 g/mol. The van der Waals surface area contributed by atoms with E-state index < -0.39 is 0 Å². The van der Waals surface area contributed by atoms with Crippen molar-refractivity contribution in [2.45, 2.75) is 20.0 Å². The maximum absolute atomic E-state index is 13.1. The Hall–Kier alpha value is -1.46. The standard InChI is InChI=1S/C14H18FN3S/c1-10-13(8-16-2)19-14(17-10)18(3)9-11-5-4-6-12(15)7-11/h4-7,16H,8-9H2,1-3H3. The van der Waals surface area contributed by atoms with Gasteiger partial charge in [0.15, 0.2) is 5.13 Å². The number of hydrogen-bond donors (Lipinski definition) is 1. The van der Waals surface area contributed by atoms with E-state index in [1.54, 1.807) is 23.5 Å². The fourth-order valence-corrected chi connectivity index (χ4v) is 2.91. The smallest absolute Gasteiger partial charge is 0.185 e. The van der Waals surface area contributed by atoms with Crippen molar-refractivity contribution in [1.82, 2.24) is 10.3 Å². The number of anilines is 1. The van der Waals surface area contributed by atoms with Crippen molar-refractivity contribution in [2.75, 3.05) is 19.0 Å². The van der Waals surface area contributed by atoms with Crippen molar-refractivity contribution >= 4 is 16.5 Å². The Bertz CT molecular complexity index is 553. The van der Waals surface area contributed by atoms with E-state index in [0.717, 1.165) is 22.9 Å². The van der Waals surface area contributed by atoms with Gasteiger partial charge in [0.2, 0.25) is 0 Å². The lowest BCUT2D eigenvalue weighted by Gasteiger charge is -2.15. The molecule has 2 aromatic rings. The van der Waals surface area contributed by atoms with Crippen LogP contribution in [0.5, 0.6) is 0 Å². The molecule has 0 saturated heterocycles. The minimum absolute atomic E-state index is 0.197. The third-order valence-electron chi connectivity index (χ3n) is 2.85. The number of nitrogens with zero attached hydrogens (tertiary/aromatic N) is 2. The van der Waals surface area contributed by atoms with Crippen molar-refractivity contribution < 1.29 is 4.39 Å². The molecule has 1 heterocycles. The zero-order chi connectivity index (χ0) is 13.8. The summed E-state index contributed by atoms with van der Waals surface area (Å²) >= 11 is 1.67. The minimum Gasteiger partial charge on any atom is -0.347 e. The number of hydrogen-bond acceptors (Lipinski definition) is 4. The van der Waals surface area contributed by atoms with Crippen LogP contribution in [0.3, 0.4) is 0 Å². The minimum atomic E-state index is -0.197. The fourth-order valence-electron chi connectivity index (χ4n) is 1.88. The Morgan fingerprint density at radius 2 is 2.21 bits per heavy atom. The largest absolute Gasteiger partial charge is 0.347 e. The maximum Gasteiger partial charge on any atom is 0.185 e. The summed E-state index contributed by atoms with van der Waals surface area (Å²) < 4.78 is 13.1. The summed E-state index contributed by atoms with van der Waals surface area (Å²) in [4.78, 5) is 7.85. The second-order valence-electron chi connectivity index (χ2n) is 4.52. The number of aryl methyl sites for hydroxylation is 1. The highest BCUT2D eigenvalue weighted by atomic mass is 32.1. The lowest BCUT2D eigenvalue weighted by atomic mass is 10.2. The molecule has 0 aliphatic heterocycles. The average Bonchev–Trinajstić information content (AvgIpc) is 2.72. The molecule has 102 valence electrons. The predicted molar refractivity (Wildman–Crippen MR) is 78.1 cm³/mol. The molecule has 0 aliphatic carbocycles. The average molecular weight is 279 g/mol. The Morgan fingerprint density at radius 1 is 1.42 bits per heavy atom. The first-order valence-electron chi connectivity index (χ1n) is 6.16. The van der Waals surface area contributed by atoms with Crippen LogP contribution < -0.4 is 10.2 Å². The summed E-state index contributed by atoms with van der Waals surface area (Å²) in [5.74, 6) is -0.197. The Morgan fingerprint density at radius 3 is 2.89 bits per heavy atom. The van der Waals surface area contributed by atoms with Crippen LogP contribution in [-0.4, -0.2) is 19.1 Å². The summed E-state index contributed by atoms with van der Waals surface area (Å²) in [6.07, 6.45) is 0. The van der Waals surface area contributed by atoms with Crippen molar-refractivity contribution in [3.05, 3.63) is 46.2 Å². The van der Waals surface area contributed by atoms with E-state index in [9.17, 15) is 4.39 Å². The Labute approximate surface area is 117 Å². The van der Waals surface area contributed by atoms with E-state index in [2.05, 4.69) is 10.3 Å². The zero-order valence-corrected chi connectivity index (χ0v) is 12.2. The third-order valence-corrected chi connectivity index (χ3v) is 4.13. The van der Waals surface area contributed by atoms with Crippen molar-refractivity contribution in [2.24, 2.45) is 0 Å². The quantitative estimate of drug-likeness (QED) is 0.912. The number of thiazole rings is 1. The summed E-state index contributed by atoms with van der Waals surface area (Å²) in [5, 5.41) is 4.10. The van der Waals surface area contributed by atoms with Gasteiger partial charge in [-0.3, -0.25) is 0 Å². The molecule has 1 aromatic heterocycles. The number of aromatic nitrogens is 1. The van der Waals surface area contributed by atoms with Crippen LogP contribution in [-0.2, 0) is 13.1 Å². The molecule has 0 unspecified atom stereocenters. The van der Waals surface area contributed by atoms with E-state index in [4.69, 9.17) is 0 Å². The number of benzene rings is 1. The molecule has 19 heavy (non-hydrogen) atoms. The van der Waals surface area contributed by atoms with Crippen LogP contribution in [0.1, 0.15) is 16.1 Å². The third kappa shape index (κ3) is 3.52. The molecule has 0 aliphatic rings. The molecule has 1 aromatic carbocycles. The van der Waals surface area contributed by atoms with E-state index >= 15 is 0 Å². The molecule has 2 rings (SSSR count). The second kappa shape index (κ2) is 6.12. The molecular formula is C14H18FN3S. The molecule has 0 spiro atoms. The van der Waals surface area contributed by atoms with Crippen molar-refractivity contribution in [3.8, 4) is 0 Å². The van der Waals surface area contributed by atoms with Crippen LogP contribution in [0.4, 0.5) is 9.52 Å². The van der Waals surface area contributed by atoms with Gasteiger partial charge in [0, 0.05) is 25.0 Å². The maximum atomic E-state index is 13.1. The fraction of sp³-hybridized carbons (Fsp3) is 0.357. The van der Waals surface area contributed by atoms with Gasteiger partial charge in [0.25, 0.3) is 0 Å². The zero-order valence-electron chi connectivity index (χ0n) is 11.4. The first-order chi connectivity index (χ1) is 9.10. The first kappa shape index (κ1) is 14.0. The molecule has 1 N–H and O–H groups in total. The SMILES string of the molecule is CNCc1sc(N(C)Cc2cccc(F)c2)nc1C. The summed E-state index contributed by atoms with van der Waals surface area (Å²) in [6.45, 7) is 3.50. The van der Waals surface area contributed by atoms with Gasteiger partial charge in [-0.05, 0) is 31.7 Å². The van der Waals surface area contributed by atoms with Crippen LogP contribution in [0, 0.1) is 12.7 Å². The first-order valence-corrected chi connectivity index (χ1v) is 6.98. The molecule has 0 atom stereocenters. The lowest BCUT2D eigenvalue weighted by Crippen LogP contribution is -2.16. The Balaban J connectivity index is 2.11. The number of halogens is 1. The lowest BCUT2D eigenvalue weighted by molar-refractivity contribution is 0.625. The van der Waals surface area contributed by atoms with E-state index in [0.29, 0.717) is 6.54 Å². The second-order valence-corrected chi connectivity index (χ2v) is 5.58. The summed E-state index contributed by atoms with van der Waals surface area (Å²) in [5.41, 5.74) is 2.01. The van der Waals surface area contributed by atoms with Crippen molar-refractivity contribution in [1.29, 1.82) is 0 Å². The molecule has 0 radical (unpaired) electrons. The molecule has 0 bridgehead atoms.